The van der Waals surface area contributed by atoms with Gasteiger partial charge in [0.1, 0.15) is 5.76 Å². The van der Waals surface area contributed by atoms with Gasteiger partial charge in [-0.15, -0.1) is 0 Å². The average Bonchev–Trinajstić information content (AvgIpc) is 3.11. The molecule has 120 valence electrons. The van der Waals surface area contributed by atoms with Crippen molar-refractivity contribution in [2.45, 2.75) is 57.4 Å². The lowest BCUT2D eigenvalue weighted by Gasteiger charge is -2.41. The van der Waals surface area contributed by atoms with Gasteiger partial charge in [-0.3, -0.25) is 4.79 Å². The Morgan fingerprint density at radius 3 is 2.77 bits per heavy atom. The molecule has 0 spiro atoms. The van der Waals surface area contributed by atoms with E-state index in [1.165, 1.54) is 13.4 Å². The van der Waals surface area contributed by atoms with E-state index in [9.17, 15) is 9.59 Å². The van der Waals surface area contributed by atoms with Crippen molar-refractivity contribution in [3.8, 4) is 0 Å². The zero-order valence-electron chi connectivity index (χ0n) is 13.1. The van der Waals surface area contributed by atoms with Gasteiger partial charge >= 0.3 is 5.97 Å². The maximum absolute atomic E-state index is 12.9. The standard InChI is InChI=1S/C16H21NO5/c1-9-4-5-13-12(8-14(22-13)16(19)20-3)17(9)15(18)11-6-7-21-10(11)2/h6-7,9,12-14H,4-5,8H2,1-3H3/t9-,12+,13+,14-/m0/s1. The van der Waals surface area contributed by atoms with Gasteiger partial charge in [-0.25, -0.2) is 4.79 Å². The number of fused-ring (bicyclic) bond motifs is 1. The van der Waals surface area contributed by atoms with Crippen molar-refractivity contribution in [1.82, 2.24) is 4.90 Å². The molecule has 2 aliphatic heterocycles. The summed E-state index contributed by atoms with van der Waals surface area (Å²) in [4.78, 5) is 26.5. The SMILES string of the molecule is COC(=O)[C@@H]1C[C@@H]2[C@@H](CC[C@H](C)N2C(=O)c2ccoc2C)O1. The number of aryl methyl sites for hydroxylation is 1. The van der Waals surface area contributed by atoms with E-state index in [-0.39, 0.29) is 30.1 Å². The lowest BCUT2D eigenvalue weighted by Crippen LogP contribution is -2.53. The summed E-state index contributed by atoms with van der Waals surface area (Å²) in [6.45, 7) is 3.82. The molecule has 0 saturated carbocycles. The largest absolute Gasteiger partial charge is 0.469 e. The van der Waals surface area contributed by atoms with E-state index < -0.39 is 6.10 Å². The smallest absolute Gasteiger partial charge is 0.335 e. The summed E-state index contributed by atoms with van der Waals surface area (Å²) in [5, 5.41) is 0. The lowest BCUT2D eigenvalue weighted by molar-refractivity contribution is -0.153. The van der Waals surface area contributed by atoms with Gasteiger partial charge < -0.3 is 18.8 Å². The Morgan fingerprint density at radius 2 is 2.14 bits per heavy atom. The van der Waals surface area contributed by atoms with Gasteiger partial charge in [-0.05, 0) is 32.8 Å². The van der Waals surface area contributed by atoms with E-state index in [1.807, 2.05) is 11.8 Å². The van der Waals surface area contributed by atoms with E-state index in [0.29, 0.717) is 17.7 Å². The Kier molecular flexibility index (Phi) is 3.95. The molecule has 2 fully saturated rings. The summed E-state index contributed by atoms with van der Waals surface area (Å²) < 4.78 is 15.8. The number of furan rings is 1. The van der Waals surface area contributed by atoms with Crippen LogP contribution < -0.4 is 0 Å². The van der Waals surface area contributed by atoms with E-state index in [4.69, 9.17) is 13.9 Å². The monoisotopic (exact) mass is 307 g/mol. The van der Waals surface area contributed by atoms with Crippen LogP contribution in [0.2, 0.25) is 0 Å². The second-order valence-electron chi connectivity index (χ2n) is 6.02. The Bertz CT molecular complexity index is 581. The summed E-state index contributed by atoms with van der Waals surface area (Å²) in [6.07, 6.45) is 3.05. The summed E-state index contributed by atoms with van der Waals surface area (Å²) in [5.74, 6) is 0.194. The van der Waals surface area contributed by atoms with Crippen LogP contribution in [0.1, 0.15) is 42.3 Å². The zero-order valence-corrected chi connectivity index (χ0v) is 13.1. The van der Waals surface area contributed by atoms with Crippen LogP contribution >= 0.6 is 0 Å². The third-order valence-electron chi connectivity index (χ3n) is 4.71. The average molecular weight is 307 g/mol. The molecule has 0 radical (unpaired) electrons. The molecule has 2 saturated heterocycles. The van der Waals surface area contributed by atoms with Crippen molar-refractivity contribution in [1.29, 1.82) is 0 Å². The number of carbonyl (C=O) groups is 2. The van der Waals surface area contributed by atoms with Gasteiger partial charge in [-0.2, -0.15) is 0 Å². The molecule has 0 unspecified atom stereocenters. The van der Waals surface area contributed by atoms with Crippen molar-refractivity contribution in [2.75, 3.05) is 7.11 Å². The summed E-state index contributed by atoms with van der Waals surface area (Å²) in [7, 11) is 1.36. The molecule has 3 heterocycles. The number of nitrogens with zero attached hydrogens (tertiary/aromatic N) is 1. The van der Waals surface area contributed by atoms with Crippen molar-refractivity contribution >= 4 is 11.9 Å². The molecule has 1 aromatic heterocycles. The third kappa shape index (κ3) is 2.41. The molecule has 1 amide bonds. The second kappa shape index (κ2) is 5.76. The molecular formula is C16H21NO5. The molecule has 0 aliphatic carbocycles. The van der Waals surface area contributed by atoms with Gasteiger partial charge in [0.2, 0.25) is 0 Å². The topological polar surface area (TPSA) is 69.0 Å². The van der Waals surface area contributed by atoms with Crippen LogP contribution in [0.25, 0.3) is 0 Å². The first-order chi connectivity index (χ1) is 10.5. The predicted molar refractivity (Wildman–Crippen MR) is 77.4 cm³/mol. The fourth-order valence-electron chi connectivity index (χ4n) is 3.53. The molecular weight excluding hydrogens is 286 g/mol. The van der Waals surface area contributed by atoms with Crippen LogP contribution in [0.4, 0.5) is 0 Å². The van der Waals surface area contributed by atoms with Gasteiger partial charge in [0.25, 0.3) is 5.91 Å². The Balaban J connectivity index is 1.84. The molecule has 22 heavy (non-hydrogen) atoms. The highest BCUT2D eigenvalue weighted by Crippen LogP contribution is 2.36. The predicted octanol–water partition coefficient (Wildman–Crippen LogP) is 1.91. The first-order valence-corrected chi connectivity index (χ1v) is 7.63. The Morgan fingerprint density at radius 1 is 1.36 bits per heavy atom. The maximum Gasteiger partial charge on any atom is 0.335 e. The first kappa shape index (κ1) is 15.1. The number of carbonyl (C=O) groups excluding carboxylic acids is 2. The van der Waals surface area contributed by atoms with Crippen molar-refractivity contribution in [3.05, 3.63) is 23.7 Å². The highest BCUT2D eigenvalue weighted by molar-refractivity contribution is 5.95. The van der Waals surface area contributed by atoms with Crippen molar-refractivity contribution in [3.63, 3.8) is 0 Å². The van der Waals surface area contributed by atoms with Crippen LogP contribution in [0.5, 0.6) is 0 Å². The number of hydrogen-bond donors (Lipinski definition) is 0. The van der Waals surface area contributed by atoms with Gasteiger partial charge in [-0.1, -0.05) is 0 Å². The van der Waals surface area contributed by atoms with Gasteiger partial charge in [0, 0.05) is 12.5 Å². The molecule has 0 bridgehead atoms. The highest BCUT2D eigenvalue weighted by Gasteiger charge is 2.48. The number of hydrogen-bond acceptors (Lipinski definition) is 5. The zero-order chi connectivity index (χ0) is 15.9. The molecule has 0 N–H and O–H groups in total. The number of rotatable bonds is 2. The summed E-state index contributed by atoms with van der Waals surface area (Å²) in [6, 6.07) is 1.72. The number of methoxy groups -OCH3 is 1. The molecule has 6 nitrogen and oxygen atoms in total. The van der Waals surface area contributed by atoms with E-state index >= 15 is 0 Å². The number of piperidine rings is 1. The van der Waals surface area contributed by atoms with E-state index in [2.05, 4.69) is 0 Å². The van der Waals surface area contributed by atoms with Crippen LogP contribution in [0.15, 0.2) is 16.7 Å². The number of likely N-dealkylation sites (tertiary alicyclic amines) is 1. The summed E-state index contributed by atoms with van der Waals surface area (Å²) >= 11 is 0. The fourth-order valence-corrected chi connectivity index (χ4v) is 3.53. The Labute approximate surface area is 129 Å². The lowest BCUT2D eigenvalue weighted by atomic mass is 9.92. The van der Waals surface area contributed by atoms with E-state index in [0.717, 1.165) is 12.8 Å². The molecule has 0 aromatic carbocycles. The molecule has 3 rings (SSSR count). The number of amides is 1. The number of esters is 1. The van der Waals surface area contributed by atoms with Crippen LogP contribution in [-0.2, 0) is 14.3 Å². The van der Waals surface area contributed by atoms with Crippen LogP contribution in [-0.4, -0.2) is 48.2 Å². The first-order valence-electron chi connectivity index (χ1n) is 7.63. The minimum absolute atomic E-state index is 0.0532. The Hall–Kier alpha value is -1.82. The van der Waals surface area contributed by atoms with Crippen molar-refractivity contribution in [2.24, 2.45) is 0 Å². The highest BCUT2D eigenvalue weighted by atomic mass is 16.6. The fraction of sp³-hybridized carbons (Fsp3) is 0.625. The normalized spacial score (nSPS) is 31.0. The second-order valence-corrected chi connectivity index (χ2v) is 6.02. The molecule has 2 aliphatic rings. The minimum Gasteiger partial charge on any atom is -0.469 e. The van der Waals surface area contributed by atoms with Crippen molar-refractivity contribution < 1.29 is 23.5 Å². The summed E-state index contributed by atoms with van der Waals surface area (Å²) in [5.41, 5.74) is 0.578. The van der Waals surface area contributed by atoms with Crippen LogP contribution in [0.3, 0.4) is 0 Å². The molecule has 4 atom stereocenters. The quantitative estimate of drug-likeness (QED) is 0.781. The van der Waals surface area contributed by atoms with Crippen LogP contribution in [0, 0.1) is 6.92 Å². The molecule has 6 heteroatoms. The van der Waals surface area contributed by atoms with E-state index in [1.54, 1.807) is 13.0 Å². The maximum atomic E-state index is 12.9. The molecule has 1 aromatic rings. The minimum atomic E-state index is -0.578. The van der Waals surface area contributed by atoms with Gasteiger partial charge in [0.05, 0.1) is 31.1 Å². The third-order valence-corrected chi connectivity index (χ3v) is 4.71. The number of ether oxygens (including phenoxy) is 2. The van der Waals surface area contributed by atoms with Gasteiger partial charge in [0.15, 0.2) is 6.10 Å².